The number of nitrogens with one attached hydrogen (secondary N) is 1. The predicted octanol–water partition coefficient (Wildman–Crippen LogP) is 0.924. The lowest BCUT2D eigenvalue weighted by Crippen LogP contribution is -2.51. The lowest BCUT2D eigenvalue weighted by Gasteiger charge is -2.32. The number of fused-ring (bicyclic) bond motifs is 1. The molecular weight excluding hydrogens is 296 g/mol. The first-order valence-electron chi connectivity index (χ1n) is 7.91. The van der Waals surface area contributed by atoms with E-state index in [4.69, 9.17) is 14.6 Å². The summed E-state index contributed by atoms with van der Waals surface area (Å²) < 4.78 is 13.0. The second-order valence-electron chi connectivity index (χ2n) is 5.67. The van der Waals surface area contributed by atoms with Crippen molar-refractivity contribution in [3.63, 3.8) is 0 Å². The van der Waals surface area contributed by atoms with Gasteiger partial charge in [0.1, 0.15) is 6.54 Å². The fourth-order valence-electron chi connectivity index (χ4n) is 2.94. The molecule has 0 aliphatic carbocycles. The van der Waals surface area contributed by atoms with E-state index in [2.05, 4.69) is 5.32 Å². The zero-order valence-electron chi connectivity index (χ0n) is 13.0. The molecule has 0 unspecified atom stereocenters. The highest BCUT2D eigenvalue weighted by Gasteiger charge is 2.27. The zero-order chi connectivity index (χ0) is 16.1. The third kappa shape index (κ3) is 3.90. The molecule has 1 aromatic carbocycles. The van der Waals surface area contributed by atoms with Crippen molar-refractivity contribution in [3.8, 4) is 0 Å². The third-order valence-corrected chi connectivity index (χ3v) is 4.06. The summed E-state index contributed by atoms with van der Waals surface area (Å²) in [6.07, 6.45) is 2.53. The molecule has 23 heavy (non-hydrogen) atoms. The highest BCUT2D eigenvalue weighted by molar-refractivity contribution is 5.83. The highest BCUT2D eigenvalue weighted by atomic mass is 16.5. The molecule has 1 aromatic heterocycles. The number of ether oxygens (including phenoxy) is 2. The lowest BCUT2D eigenvalue weighted by atomic mass is 10.1. The molecule has 6 nitrogen and oxygen atoms in total. The Balaban J connectivity index is 1.61. The van der Waals surface area contributed by atoms with Crippen LogP contribution in [0.1, 0.15) is 6.42 Å². The van der Waals surface area contributed by atoms with Crippen molar-refractivity contribution in [2.24, 2.45) is 0 Å². The molecule has 3 rings (SSSR count). The van der Waals surface area contributed by atoms with Crippen LogP contribution in [0.5, 0.6) is 0 Å². The van der Waals surface area contributed by atoms with Crippen molar-refractivity contribution < 1.29 is 19.4 Å². The van der Waals surface area contributed by atoms with Crippen LogP contribution in [0.2, 0.25) is 0 Å². The van der Waals surface area contributed by atoms with Gasteiger partial charge in [0, 0.05) is 18.3 Å². The molecule has 1 aliphatic heterocycles. The number of hydrogen-bond donors (Lipinski definition) is 2. The van der Waals surface area contributed by atoms with E-state index >= 15 is 0 Å². The van der Waals surface area contributed by atoms with Gasteiger partial charge in [0.2, 0.25) is 5.91 Å². The Morgan fingerprint density at radius 1 is 1.39 bits per heavy atom. The number of benzene rings is 1. The van der Waals surface area contributed by atoms with Crippen LogP contribution in [0.4, 0.5) is 0 Å². The van der Waals surface area contributed by atoms with E-state index in [0.29, 0.717) is 13.2 Å². The second kappa shape index (κ2) is 7.59. The van der Waals surface area contributed by atoms with E-state index < -0.39 is 0 Å². The minimum absolute atomic E-state index is 0.0205. The van der Waals surface area contributed by atoms with E-state index in [1.165, 1.54) is 0 Å². The normalized spacial score (nSPS) is 21.4. The Morgan fingerprint density at radius 2 is 2.26 bits per heavy atom. The maximum atomic E-state index is 12.3. The summed E-state index contributed by atoms with van der Waals surface area (Å²) in [5.74, 6) is -0.0700. The average molecular weight is 318 g/mol. The van der Waals surface area contributed by atoms with Gasteiger partial charge in [-0.1, -0.05) is 18.2 Å². The van der Waals surface area contributed by atoms with E-state index in [1.54, 1.807) is 0 Å². The summed E-state index contributed by atoms with van der Waals surface area (Å²) in [4.78, 5) is 12.3. The van der Waals surface area contributed by atoms with Gasteiger partial charge in [-0.05, 0) is 23.9 Å². The largest absolute Gasteiger partial charge is 0.394 e. The Morgan fingerprint density at radius 3 is 3.13 bits per heavy atom. The number of hydrogen-bond acceptors (Lipinski definition) is 4. The predicted molar refractivity (Wildman–Crippen MR) is 86.1 cm³/mol. The van der Waals surface area contributed by atoms with Gasteiger partial charge in [-0.15, -0.1) is 0 Å². The number of aromatic nitrogens is 1. The van der Waals surface area contributed by atoms with Crippen molar-refractivity contribution in [1.29, 1.82) is 0 Å². The Labute approximate surface area is 135 Å². The second-order valence-corrected chi connectivity index (χ2v) is 5.67. The summed E-state index contributed by atoms with van der Waals surface area (Å²) in [7, 11) is 0. The van der Waals surface area contributed by atoms with Crippen LogP contribution in [-0.2, 0) is 20.8 Å². The van der Waals surface area contributed by atoms with Crippen LogP contribution in [0.3, 0.4) is 0 Å². The van der Waals surface area contributed by atoms with Crippen molar-refractivity contribution in [2.45, 2.75) is 25.1 Å². The molecular formula is C17H22N2O4. The SMILES string of the molecule is O=C(Cn1ccc2ccccc21)N[C@H]1COCC[C@H]1OCCO. The number of rotatable bonds is 6. The molecule has 2 heterocycles. The number of nitrogens with zero attached hydrogens (tertiary/aromatic N) is 1. The molecule has 0 radical (unpaired) electrons. The number of aliphatic hydroxyl groups excluding tert-OH is 1. The summed E-state index contributed by atoms with van der Waals surface area (Å²) in [5, 5.41) is 13.0. The van der Waals surface area contributed by atoms with E-state index in [-0.39, 0.29) is 37.8 Å². The van der Waals surface area contributed by atoms with Crippen molar-refractivity contribution >= 4 is 16.8 Å². The first kappa shape index (κ1) is 16.0. The fourth-order valence-corrected chi connectivity index (χ4v) is 2.94. The maximum Gasteiger partial charge on any atom is 0.240 e. The van der Waals surface area contributed by atoms with Crippen LogP contribution >= 0.6 is 0 Å². The molecule has 0 saturated carbocycles. The molecule has 1 saturated heterocycles. The molecule has 0 bridgehead atoms. The number of carbonyl (C=O) groups is 1. The van der Waals surface area contributed by atoms with Gasteiger partial charge in [0.15, 0.2) is 0 Å². The molecule has 1 amide bonds. The fraction of sp³-hybridized carbons (Fsp3) is 0.471. The van der Waals surface area contributed by atoms with Gasteiger partial charge in [-0.25, -0.2) is 0 Å². The quantitative estimate of drug-likeness (QED) is 0.831. The van der Waals surface area contributed by atoms with Gasteiger partial charge < -0.3 is 24.5 Å². The van der Waals surface area contributed by atoms with Crippen LogP contribution in [0.25, 0.3) is 10.9 Å². The standard InChI is InChI=1S/C17H22N2O4/c20-8-10-23-16-6-9-22-12-14(16)18-17(21)11-19-7-5-13-3-1-2-4-15(13)19/h1-5,7,14,16,20H,6,8-12H2,(H,18,21)/t14-,16+/m0/s1. The summed E-state index contributed by atoms with van der Waals surface area (Å²) in [6, 6.07) is 9.79. The Bertz CT molecular complexity index is 655. The molecule has 2 N–H and O–H groups in total. The Hall–Kier alpha value is -1.89. The first-order chi connectivity index (χ1) is 11.3. The van der Waals surface area contributed by atoms with Gasteiger partial charge >= 0.3 is 0 Å². The molecule has 0 spiro atoms. The minimum atomic E-state index is -0.176. The number of aliphatic hydroxyl groups is 1. The smallest absolute Gasteiger partial charge is 0.240 e. The topological polar surface area (TPSA) is 72.7 Å². The van der Waals surface area contributed by atoms with Crippen molar-refractivity contribution in [1.82, 2.24) is 9.88 Å². The third-order valence-electron chi connectivity index (χ3n) is 4.06. The van der Waals surface area contributed by atoms with Gasteiger partial charge in [0.25, 0.3) is 0 Å². The van der Waals surface area contributed by atoms with Crippen molar-refractivity contribution in [2.75, 3.05) is 26.4 Å². The van der Waals surface area contributed by atoms with Gasteiger partial charge in [0.05, 0.1) is 32.0 Å². The van der Waals surface area contributed by atoms with Gasteiger partial charge in [-0.2, -0.15) is 0 Å². The van der Waals surface area contributed by atoms with Crippen LogP contribution < -0.4 is 5.32 Å². The number of carbonyl (C=O) groups excluding carboxylic acids is 1. The van der Waals surface area contributed by atoms with E-state index in [1.807, 2.05) is 41.1 Å². The van der Waals surface area contributed by atoms with Crippen LogP contribution in [-0.4, -0.2) is 54.2 Å². The monoisotopic (exact) mass is 318 g/mol. The summed E-state index contributed by atoms with van der Waals surface area (Å²) in [6.45, 7) is 1.57. The number of amides is 1. The molecule has 124 valence electrons. The minimum Gasteiger partial charge on any atom is -0.394 e. The molecule has 1 fully saturated rings. The lowest BCUT2D eigenvalue weighted by molar-refractivity contribution is -0.126. The highest BCUT2D eigenvalue weighted by Crippen LogP contribution is 2.15. The average Bonchev–Trinajstić information content (AvgIpc) is 2.97. The molecule has 2 aromatic rings. The van der Waals surface area contributed by atoms with E-state index in [0.717, 1.165) is 17.3 Å². The summed E-state index contributed by atoms with van der Waals surface area (Å²) >= 11 is 0. The summed E-state index contributed by atoms with van der Waals surface area (Å²) in [5.41, 5.74) is 1.04. The Kier molecular flexibility index (Phi) is 5.27. The molecule has 2 atom stereocenters. The molecule has 6 heteroatoms. The molecule has 1 aliphatic rings. The first-order valence-corrected chi connectivity index (χ1v) is 7.91. The number of para-hydroxylation sites is 1. The van der Waals surface area contributed by atoms with Crippen LogP contribution in [0, 0.1) is 0 Å². The van der Waals surface area contributed by atoms with Crippen LogP contribution in [0.15, 0.2) is 36.5 Å². The van der Waals surface area contributed by atoms with E-state index in [9.17, 15) is 4.79 Å². The van der Waals surface area contributed by atoms with Crippen molar-refractivity contribution in [3.05, 3.63) is 36.5 Å². The maximum absolute atomic E-state index is 12.3. The zero-order valence-corrected chi connectivity index (χ0v) is 13.0. The van der Waals surface area contributed by atoms with Gasteiger partial charge in [-0.3, -0.25) is 4.79 Å².